The van der Waals surface area contributed by atoms with Crippen molar-refractivity contribution in [3.05, 3.63) is 145 Å². The molecular formula is C37H34N6. The smallest absolute Gasteiger partial charge is 0.0900 e. The molecule has 1 aromatic carbocycles. The number of aromatic nitrogens is 3. The summed E-state index contributed by atoms with van der Waals surface area (Å²) in [5, 5.41) is 15.7. The fraction of sp³-hybridized carbons (Fsp3) is 0.135. The van der Waals surface area contributed by atoms with Crippen LogP contribution in [0.5, 0.6) is 0 Å². The lowest BCUT2D eigenvalue weighted by atomic mass is 9.94. The SMILES string of the molecule is C=C/C=C\C(=N)c1cc(-c2cc(C)cc(-c3cc(C4=CC=CCN4)nc(C4NC4/C=C\C)c3)c2)cc(-c2ccccn2)n1. The predicted molar refractivity (Wildman–Crippen MR) is 177 cm³/mol. The van der Waals surface area contributed by atoms with Crippen LogP contribution in [-0.4, -0.2) is 33.3 Å². The van der Waals surface area contributed by atoms with Crippen LogP contribution >= 0.6 is 0 Å². The van der Waals surface area contributed by atoms with Crippen LogP contribution < -0.4 is 10.6 Å². The molecule has 6 heteroatoms. The van der Waals surface area contributed by atoms with E-state index in [1.54, 1.807) is 24.4 Å². The molecule has 4 aromatic rings. The van der Waals surface area contributed by atoms with Crippen molar-refractivity contribution in [1.29, 1.82) is 5.41 Å². The Balaban J connectivity index is 1.47. The summed E-state index contributed by atoms with van der Waals surface area (Å²) in [4.78, 5) is 14.4. The highest BCUT2D eigenvalue weighted by atomic mass is 15.2. The van der Waals surface area contributed by atoms with Gasteiger partial charge in [-0.3, -0.25) is 15.7 Å². The van der Waals surface area contributed by atoms with Gasteiger partial charge in [-0.1, -0.05) is 61.2 Å². The van der Waals surface area contributed by atoms with Crippen LogP contribution in [0.3, 0.4) is 0 Å². The van der Waals surface area contributed by atoms with Crippen molar-refractivity contribution in [3.8, 4) is 33.6 Å². The second kappa shape index (κ2) is 12.3. The Hall–Kier alpha value is -5.20. The molecule has 1 fully saturated rings. The zero-order chi connectivity index (χ0) is 29.8. The number of rotatable bonds is 9. The minimum Gasteiger partial charge on any atom is -0.380 e. The summed E-state index contributed by atoms with van der Waals surface area (Å²) in [5.41, 5.74) is 10.7. The zero-order valence-corrected chi connectivity index (χ0v) is 24.4. The van der Waals surface area contributed by atoms with Crippen molar-refractivity contribution < 1.29 is 0 Å². The Morgan fingerprint density at radius 1 is 0.953 bits per heavy atom. The highest BCUT2D eigenvalue weighted by Gasteiger charge is 2.36. The van der Waals surface area contributed by atoms with Gasteiger partial charge in [0.2, 0.25) is 0 Å². The highest BCUT2D eigenvalue weighted by Crippen LogP contribution is 2.36. The lowest BCUT2D eigenvalue weighted by molar-refractivity contribution is 0.942. The molecule has 3 N–H and O–H groups in total. The van der Waals surface area contributed by atoms with Gasteiger partial charge in [-0.05, 0) is 96.3 Å². The van der Waals surface area contributed by atoms with Gasteiger partial charge in [-0.25, -0.2) is 9.97 Å². The minimum absolute atomic E-state index is 0.192. The summed E-state index contributed by atoms with van der Waals surface area (Å²) in [5.74, 6) is 0. The van der Waals surface area contributed by atoms with Crippen molar-refractivity contribution in [1.82, 2.24) is 25.6 Å². The van der Waals surface area contributed by atoms with Crippen LogP contribution in [0.25, 0.3) is 39.3 Å². The maximum absolute atomic E-state index is 8.66. The number of benzene rings is 1. The van der Waals surface area contributed by atoms with Crippen molar-refractivity contribution >= 4 is 11.4 Å². The first kappa shape index (κ1) is 27.9. The van der Waals surface area contributed by atoms with E-state index in [1.807, 2.05) is 31.2 Å². The van der Waals surface area contributed by atoms with Gasteiger partial charge in [0.15, 0.2) is 0 Å². The quantitative estimate of drug-likeness (QED) is 0.0856. The maximum Gasteiger partial charge on any atom is 0.0900 e. The lowest BCUT2D eigenvalue weighted by Gasteiger charge is -2.16. The Bertz CT molecular complexity index is 1810. The average Bonchev–Trinajstić information content (AvgIpc) is 3.83. The van der Waals surface area contributed by atoms with Crippen LogP contribution in [0.1, 0.15) is 35.6 Å². The molecule has 0 spiro atoms. The molecule has 2 aliphatic heterocycles. The number of aryl methyl sites for hydroxylation is 1. The van der Waals surface area contributed by atoms with Crippen molar-refractivity contribution in [2.45, 2.75) is 25.9 Å². The first-order valence-corrected chi connectivity index (χ1v) is 14.5. The number of hydrogen-bond donors (Lipinski definition) is 3. The molecule has 0 radical (unpaired) electrons. The average molecular weight is 563 g/mol. The van der Waals surface area contributed by atoms with Crippen LogP contribution in [0.15, 0.2) is 122 Å². The molecule has 0 aliphatic carbocycles. The second-order valence-electron chi connectivity index (χ2n) is 10.7. The Labute approximate surface area is 252 Å². The van der Waals surface area contributed by atoms with Gasteiger partial charge >= 0.3 is 0 Å². The van der Waals surface area contributed by atoms with Gasteiger partial charge < -0.3 is 5.32 Å². The molecule has 0 amide bonds. The minimum atomic E-state index is 0.192. The largest absolute Gasteiger partial charge is 0.380 e. The normalized spacial score (nSPS) is 17.6. The summed E-state index contributed by atoms with van der Waals surface area (Å²) >= 11 is 0. The highest BCUT2D eigenvalue weighted by molar-refractivity contribution is 6.06. The van der Waals surface area contributed by atoms with Gasteiger partial charge in [0.1, 0.15) is 0 Å². The summed E-state index contributed by atoms with van der Waals surface area (Å²) < 4.78 is 0. The molecular weight excluding hydrogens is 528 g/mol. The summed E-state index contributed by atoms with van der Waals surface area (Å²) in [6, 6.07) is 21.3. The van der Waals surface area contributed by atoms with E-state index in [-0.39, 0.29) is 6.04 Å². The molecule has 6 nitrogen and oxygen atoms in total. The lowest BCUT2D eigenvalue weighted by Crippen LogP contribution is -2.15. The van der Waals surface area contributed by atoms with E-state index in [0.717, 1.165) is 62.8 Å². The molecule has 0 bridgehead atoms. The summed E-state index contributed by atoms with van der Waals surface area (Å²) in [7, 11) is 0. The summed E-state index contributed by atoms with van der Waals surface area (Å²) in [6.07, 6.45) is 17.4. The third kappa shape index (κ3) is 6.35. The fourth-order valence-corrected chi connectivity index (χ4v) is 5.29. The molecule has 3 aromatic heterocycles. The molecule has 212 valence electrons. The van der Waals surface area contributed by atoms with Crippen LogP contribution in [0.4, 0.5) is 0 Å². The molecule has 2 unspecified atom stereocenters. The Morgan fingerprint density at radius 2 is 1.74 bits per heavy atom. The van der Waals surface area contributed by atoms with Gasteiger partial charge in [-0.2, -0.15) is 0 Å². The number of allylic oxidation sites excluding steroid dienone is 6. The standard InChI is InChI=1S/C37H34N6/c1-4-6-12-29(38)33-20-27(21-34(41-33)30-13-7-9-15-39-30)25-17-24(3)18-26(19-25)28-22-35(31-14-8-10-16-40-31)42-36(23-28)37-32(43-37)11-5-2/h4-15,17-23,32,37-38,40,43H,1,16H2,2-3H3/b11-5-,12-6-,38-29?. The van der Waals surface area contributed by atoms with Crippen molar-refractivity contribution in [2.24, 2.45) is 0 Å². The molecule has 6 rings (SSSR count). The third-order valence-corrected chi connectivity index (χ3v) is 7.44. The number of hydrogen-bond acceptors (Lipinski definition) is 6. The molecule has 0 saturated carbocycles. The van der Waals surface area contributed by atoms with Crippen LogP contribution in [0, 0.1) is 12.3 Å². The topological polar surface area (TPSA) is 96.5 Å². The number of nitrogens with zero attached hydrogens (tertiary/aromatic N) is 3. The van der Waals surface area contributed by atoms with E-state index in [1.165, 1.54) is 0 Å². The van der Waals surface area contributed by atoms with E-state index < -0.39 is 0 Å². The zero-order valence-electron chi connectivity index (χ0n) is 24.4. The summed E-state index contributed by atoms with van der Waals surface area (Å²) in [6.45, 7) is 8.69. The number of dihydropyridines is 1. The molecule has 2 atom stereocenters. The van der Waals surface area contributed by atoms with Gasteiger partial charge in [0.05, 0.1) is 45.9 Å². The van der Waals surface area contributed by atoms with Gasteiger partial charge in [0, 0.05) is 18.8 Å². The maximum atomic E-state index is 8.66. The molecule has 2 aliphatic rings. The second-order valence-corrected chi connectivity index (χ2v) is 10.7. The molecule has 5 heterocycles. The van der Waals surface area contributed by atoms with E-state index in [2.05, 4.69) is 95.9 Å². The third-order valence-electron chi connectivity index (χ3n) is 7.44. The van der Waals surface area contributed by atoms with E-state index in [9.17, 15) is 0 Å². The predicted octanol–water partition coefficient (Wildman–Crippen LogP) is 7.38. The van der Waals surface area contributed by atoms with Crippen LogP contribution in [-0.2, 0) is 0 Å². The molecule has 1 saturated heterocycles. The van der Waals surface area contributed by atoms with Crippen molar-refractivity contribution in [3.63, 3.8) is 0 Å². The van der Waals surface area contributed by atoms with E-state index in [0.29, 0.717) is 17.4 Å². The van der Waals surface area contributed by atoms with Crippen LogP contribution in [0.2, 0.25) is 0 Å². The first-order chi connectivity index (χ1) is 21.0. The van der Waals surface area contributed by atoms with Gasteiger partial charge in [-0.15, -0.1) is 0 Å². The van der Waals surface area contributed by atoms with E-state index >= 15 is 0 Å². The monoisotopic (exact) mass is 562 g/mol. The fourth-order valence-electron chi connectivity index (χ4n) is 5.29. The Morgan fingerprint density at radius 3 is 2.47 bits per heavy atom. The number of pyridine rings is 3. The first-order valence-electron chi connectivity index (χ1n) is 14.5. The van der Waals surface area contributed by atoms with Gasteiger partial charge in [0.25, 0.3) is 0 Å². The molecule has 43 heavy (non-hydrogen) atoms. The number of nitrogens with one attached hydrogen (secondary N) is 3. The van der Waals surface area contributed by atoms with E-state index in [4.69, 9.17) is 15.4 Å². The Kier molecular flexibility index (Phi) is 8.03. The van der Waals surface area contributed by atoms with Crippen molar-refractivity contribution in [2.75, 3.05) is 6.54 Å².